The molecule has 6 heterocycles. The van der Waals surface area contributed by atoms with E-state index in [4.69, 9.17) is 16.0 Å². The zero-order valence-electron chi connectivity index (χ0n) is 22.7. The fraction of sp³-hybridized carbons (Fsp3) is 0.357. The Morgan fingerprint density at radius 2 is 2.00 bits per heavy atom. The maximum Gasteiger partial charge on any atom is 0.269 e. The second-order valence-corrected chi connectivity index (χ2v) is 10.1. The number of rotatable bonds is 6. The number of aliphatic hydroxyl groups excluding tert-OH is 1. The van der Waals surface area contributed by atoms with Gasteiger partial charge in [0.2, 0.25) is 5.88 Å². The number of fused-ring (bicyclic) bond motifs is 1. The third-order valence-corrected chi connectivity index (χ3v) is 7.36. The number of carbonyl (C=O) groups excluding carboxylic acids is 1. The van der Waals surface area contributed by atoms with Crippen molar-refractivity contribution >= 4 is 34.4 Å². The highest BCUT2D eigenvalue weighted by Crippen LogP contribution is 2.32. The maximum atomic E-state index is 13.2. The molecule has 41 heavy (non-hydrogen) atoms. The number of aliphatic hydroxyl groups is 1. The summed E-state index contributed by atoms with van der Waals surface area (Å²) in [6, 6.07) is 6.73. The Kier molecular flexibility index (Phi) is 7.19. The minimum atomic E-state index is -0.597. The average molecular weight is 556 g/mol. The highest BCUT2D eigenvalue weighted by Gasteiger charge is 2.38. The Morgan fingerprint density at radius 3 is 2.73 bits per heavy atom. The summed E-state index contributed by atoms with van der Waals surface area (Å²) in [4.78, 5) is 38.1. The quantitative estimate of drug-likeness (QED) is 0.342. The smallest absolute Gasteiger partial charge is 0.269 e. The van der Waals surface area contributed by atoms with Gasteiger partial charge in [-0.25, -0.2) is 9.97 Å². The van der Waals surface area contributed by atoms with Crippen molar-refractivity contribution in [2.75, 3.05) is 44.7 Å². The molecule has 0 saturated carbocycles. The number of morpholine rings is 1. The van der Waals surface area contributed by atoms with Crippen LogP contribution in [-0.2, 0) is 11.8 Å². The summed E-state index contributed by atoms with van der Waals surface area (Å²) in [6.45, 7) is 12.5. The van der Waals surface area contributed by atoms with E-state index in [2.05, 4.69) is 35.0 Å². The van der Waals surface area contributed by atoms with Crippen LogP contribution in [0.5, 0.6) is 11.6 Å². The van der Waals surface area contributed by atoms with Gasteiger partial charge >= 0.3 is 0 Å². The number of hydrogen-bond donors (Lipinski definition) is 2. The number of imidazole rings is 1. The normalized spacial score (nSPS) is 19.3. The molecule has 13 heteroatoms. The fourth-order valence-electron chi connectivity index (χ4n) is 5.15. The number of nitrogens with one attached hydrogen (secondary N) is 1. The van der Waals surface area contributed by atoms with Gasteiger partial charge in [0.05, 0.1) is 42.9 Å². The van der Waals surface area contributed by atoms with Crippen molar-refractivity contribution in [2.45, 2.75) is 19.1 Å². The van der Waals surface area contributed by atoms with Crippen LogP contribution in [0.15, 0.2) is 43.0 Å². The van der Waals surface area contributed by atoms with Crippen LogP contribution in [0.2, 0.25) is 0 Å². The van der Waals surface area contributed by atoms with Gasteiger partial charge < -0.3 is 34.2 Å². The SMILES string of the molecule is [C-]#[N+]c1cc(C)c(Oc2cc(Nc3ccc(C(=O)N4C[C@H](O)[C@@H](N5CCOCC5)C4)cn3)c3ncn(C)c3n2)cn1. The number of β-amino-alcohol motifs (C(OH)–C–C–N with tert-alkyl or cyclic N) is 1. The average Bonchev–Trinajstić information content (AvgIpc) is 3.57. The minimum absolute atomic E-state index is 0.0918. The molecule has 1 amide bonds. The van der Waals surface area contributed by atoms with Crippen LogP contribution in [0, 0.1) is 13.5 Å². The highest BCUT2D eigenvalue weighted by molar-refractivity contribution is 5.94. The van der Waals surface area contributed by atoms with Gasteiger partial charge in [-0.2, -0.15) is 4.98 Å². The van der Waals surface area contributed by atoms with E-state index in [0.717, 1.165) is 18.7 Å². The number of amides is 1. The first kappa shape index (κ1) is 26.6. The first-order chi connectivity index (χ1) is 19.9. The summed E-state index contributed by atoms with van der Waals surface area (Å²) in [5.74, 6) is 1.44. The fourth-order valence-corrected chi connectivity index (χ4v) is 5.15. The highest BCUT2D eigenvalue weighted by atomic mass is 16.5. The second kappa shape index (κ2) is 11.1. The van der Waals surface area contributed by atoms with E-state index in [0.29, 0.717) is 59.6 Å². The van der Waals surface area contributed by atoms with Crippen LogP contribution in [0.4, 0.5) is 17.3 Å². The third kappa shape index (κ3) is 5.40. The van der Waals surface area contributed by atoms with Gasteiger partial charge in [-0.05, 0) is 30.7 Å². The number of ether oxygens (including phenoxy) is 2. The van der Waals surface area contributed by atoms with Crippen LogP contribution in [0.25, 0.3) is 16.0 Å². The summed E-state index contributed by atoms with van der Waals surface area (Å²) in [5.41, 5.74) is 3.05. The molecule has 4 aromatic heterocycles. The first-order valence-electron chi connectivity index (χ1n) is 13.3. The van der Waals surface area contributed by atoms with Gasteiger partial charge in [0.25, 0.3) is 11.7 Å². The minimum Gasteiger partial charge on any atom is -0.435 e. The second-order valence-electron chi connectivity index (χ2n) is 10.1. The molecule has 13 nitrogen and oxygen atoms in total. The third-order valence-electron chi connectivity index (χ3n) is 7.36. The van der Waals surface area contributed by atoms with E-state index in [1.54, 1.807) is 40.1 Å². The van der Waals surface area contributed by atoms with Crippen molar-refractivity contribution in [3.8, 4) is 11.6 Å². The molecule has 2 saturated heterocycles. The predicted octanol–water partition coefficient (Wildman–Crippen LogP) is 2.67. The van der Waals surface area contributed by atoms with Crippen LogP contribution in [0.1, 0.15) is 15.9 Å². The number of nitrogens with zero attached hydrogens (tertiary/aromatic N) is 8. The monoisotopic (exact) mass is 555 g/mol. The van der Waals surface area contributed by atoms with Gasteiger partial charge in [-0.15, -0.1) is 4.98 Å². The number of aromatic nitrogens is 5. The van der Waals surface area contributed by atoms with Gasteiger partial charge in [0.15, 0.2) is 17.6 Å². The Hall–Kier alpha value is -4.64. The van der Waals surface area contributed by atoms with E-state index < -0.39 is 6.10 Å². The summed E-state index contributed by atoms with van der Waals surface area (Å²) in [6.07, 6.45) is 4.10. The van der Waals surface area contributed by atoms with Crippen molar-refractivity contribution in [1.82, 2.24) is 34.3 Å². The Bertz CT molecular complexity index is 1630. The molecule has 0 spiro atoms. The molecule has 0 bridgehead atoms. The van der Waals surface area contributed by atoms with Gasteiger partial charge in [-0.1, -0.05) is 6.57 Å². The molecule has 2 N–H and O–H groups in total. The number of anilines is 2. The molecule has 2 aliphatic rings. The van der Waals surface area contributed by atoms with Crippen molar-refractivity contribution in [3.05, 3.63) is 65.5 Å². The molecule has 0 aromatic carbocycles. The van der Waals surface area contributed by atoms with Gasteiger partial charge in [0, 0.05) is 45.5 Å². The lowest BCUT2D eigenvalue weighted by atomic mass is 10.1. The van der Waals surface area contributed by atoms with Crippen LogP contribution >= 0.6 is 0 Å². The van der Waals surface area contributed by atoms with Crippen LogP contribution in [0.3, 0.4) is 0 Å². The number of carbonyl (C=O) groups is 1. The standard InChI is InChI=1S/C28H29N9O4/c1-17-10-24(29-2)31-13-22(17)41-25-11-19(26-27(34-25)35(3)16-32-26)33-23-5-4-18(12-30-23)28(39)37-14-20(21(38)15-37)36-6-8-40-9-7-36/h4-5,10-13,16,20-21,38H,6-9,14-15H2,1,3H3,(H,30,33,34)/t20-,21-/m0/s1. The molecule has 2 aliphatic heterocycles. The molecule has 2 fully saturated rings. The van der Waals surface area contributed by atoms with Crippen molar-refractivity contribution < 1.29 is 19.4 Å². The number of hydrogen-bond acceptors (Lipinski definition) is 10. The molecule has 6 rings (SSSR count). The van der Waals surface area contributed by atoms with E-state index >= 15 is 0 Å². The molecule has 0 aliphatic carbocycles. The summed E-state index contributed by atoms with van der Waals surface area (Å²) in [5, 5.41) is 13.9. The predicted molar refractivity (Wildman–Crippen MR) is 149 cm³/mol. The van der Waals surface area contributed by atoms with Crippen LogP contribution < -0.4 is 10.1 Å². The molecular weight excluding hydrogens is 526 g/mol. The lowest BCUT2D eigenvalue weighted by Gasteiger charge is -2.33. The Balaban J connectivity index is 1.19. The largest absolute Gasteiger partial charge is 0.435 e. The van der Waals surface area contributed by atoms with Gasteiger partial charge in [-0.3, -0.25) is 9.69 Å². The molecular formula is C28H29N9O4. The zero-order valence-corrected chi connectivity index (χ0v) is 22.7. The van der Waals surface area contributed by atoms with Crippen molar-refractivity contribution in [2.24, 2.45) is 7.05 Å². The molecule has 0 unspecified atom stereocenters. The van der Waals surface area contributed by atoms with E-state index in [1.807, 2.05) is 14.0 Å². The molecule has 4 aromatic rings. The van der Waals surface area contributed by atoms with Crippen molar-refractivity contribution in [3.63, 3.8) is 0 Å². The van der Waals surface area contributed by atoms with Crippen molar-refractivity contribution in [1.29, 1.82) is 0 Å². The number of aryl methyl sites for hydroxylation is 2. The summed E-state index contributed by atoms with van der Waals surface area (Å²) >= 11 is 0. The lowest BCUT2D eigenvalue weighted by molar-refractivity contribution is -0.00611. The lowest BCUT2D eigenvalue weighted by Crippen LogP contribution is -2.49. The first-order valence-corrected chi connectivity index (χ1v) is 13.3. The van der Waals surface area contributed by atoms with E-state index in [-0.39, 0.29) is 24.3 Å². The van der Waals surface area contributed by atoms with Gasteiger partial charge in [0.1, 0.15) is 11.3 Å². The van der Waals surface area contributed by atoms with E-state index in [1.165, 1.54) is 12.4 Å². The van der Waals surface area contributed by atoms with Crippen LogP contribution in [-0.4, -0.2) is 96.9 Å². The topological polar surface area (TPSA) is 135 Å². The summed E-state index contributed by atoms with van der Waals surface area (Å²) in [7, 11) is 1.84. The summed E-state index contributed by atoms with van der Waals surface area (Å²) < 4.78 is 13.2. The molecule has 2 atom stereocenters. The number of pyridine rings is 3. The molecule has 0 radical (unpaired) electrons. The number of likely N-dealkylation sites (tertiary alicyclic amines) is 1. The molecule has 210 valence electrons. The Morgan fingerprint density at radius 1 is 1.17 bits per heavy atom. The zero-order chi connectivity index (χ0) is 28.5. The maximum absolute atomic E-state index is 13.2. The Labute approximate surface area is 236 Å². The van der Waals surface area contributed by atoms with E-state index in [9.17, 15) is 9.90 Å².